The molecule has 1 aliphatic rings. The lowest BCUT2D eigenvalue weighted by atomic mass is 10.2. The average molecular weight is 362 g/mol. The van der Waals surface area contributed by atoms with Crippen LogP contribution in [0.4, 0.5) is 0 Å². The summed E-state index contributed by atoms with van der Waals surface area (Å²) < 4.78 is 10.6. The zero-order chi connectivity index (χ0) is 18.9. The summed E-state index contributed by atoms with van der Waals surface area (Å²) in [6, 6.07) is 6.70. The number of hydrogen-bond acceptors (Lipinski definition) is 5. The fourth-order valence-electron chi connectivity index (χ4n) is 2.14. The molecule has 1 aromatic carbocycles. The molecule has 0 heterocycles. The molecule has 0 bridgehead atoms. The molecular weight excluding hydrogens is 336 g/mol. The summed E-state index contributed by atoms with van der Waals surface area (Å²) in [4.78, 5) is 36.8. The number of rotatable bonds is 10. The molecule has 1 aromatic rings. The van der Waals surface area contributed by atoms with Crippen molar-refractivity contribution in [2.24, 2.45) is 0 Å². The zero-order valence-corrected chi connectivity index (χ0v) is 15.3. The van der Waals surface area contributed by atoms with Crippen molar-refractivity contribution in [2.45, 2.75) is 38.6 Å². The highest BCUT2D eigenvalue weighted by molar-refractivity contribution is 5.89. The second-order valence-corrected chi connectivity index (χ2v) is 6.39. The molecule has 0 unspecified atom stereocenters. The van der Waals surface area contributed by atoms with E-state index in [1.165, 1.54) is 4.90 Å². The lowest BCUT2D eigenvalue weighted by Gasteiger charge is -2.17. The number of carbonyl (C=O) groups excluding carboxylic acids is 3. The van der Waals surface area contributed by atoms with Gasteiger partial charge in [0.25, 0.3) is 5.91 Å². The fourth-order valence-corrected chi connectivity index (χ4v) is 2.14. The third-order valence-electron chi connectivity index (χ3n) is 3.93. The van der Waals surface area contributed by atoms with Gasteiger partial charge in [0, 0.05) is 13.1 Å². The van der Waals surface area contributed by atoms with Crippen molar-refractivity contribution in [1.29, 1.82) is 0 Å². The lowest BCUT2D eigenvalue weighted by molar-refractivity contribution is -0.136. The molecule has 7 nitrogen and oxygen atoms in total. The Morgan fingerprint density at radius 3 is 2.50 bits per heavy atom. The molecule has 2 amide bonds. The number of benzene rings is 1. The Labute approximate surface area is 153 Å². The van der Waals surface area contributed by atoms with Crippen LogP contribution in [-0.2, 0) is 14.3 Å². The van der Waals surface area contributed by atoms with Crippen LogP contribution in [0, 0.1) is 0 Å². The smallest absolute Gasteiger partial charge is 0.338 e. The molecule has 142 valence electrons. The van der Waals surface area contributed by atoms with Gasteiger partial charge in [-0.1, -0.05) is 13.3 Å². The molecule has 7 heteroatoms. The zero-order valence-electron chi connectivity index (χ0n) is 15.3. The van der Waals surface area contributed by atoms with Crippen LogP contribution in [-0.4, -0.2) is 55.5 Å². The van der Waals surface area contributed by atoms with Crippen LogP contribution in [0.15, 0.2) is 24.3 Å². The Hall–Kier alpha value is -2.57. The molecular formula is C19H26N2O5. The molecule has 0 aliphatic heterocycles. The van der Waals surface area contributed by atoms with Crippen LogP contribution >= 0.6 is 0 Å². The quantitative estimate of drug-likeness (QED) is 0.506. The van der Waals surface area contributed by atoms with Gasteiger partial charge < -0.3 is 19.7 Å². The molecule has 0 atom stereocenters. The van der Waals surface area contributed by atoms with E-state index in [0.717, 1.165) is 25.7 Å². The predicted molar refractivity (Wildman–Crippen MR) is 95.9 cm³/mol. The van der Waals surface area contributed by atoms with Gasteiger partial charge in [0.1, 0.15) is 5.75 Å². The summed E-state index contributed by atoms with van der Waals surface area (Å²) in [5, 5.41) is 2.83. The minimum Gasteiger partial charge on any atom is -0.484 e. The molecule has 0 radical (unpaired) electrons. The first-order valence-electron chi connectivity index (χ1n) is 8.93. The third-order valence-corrected chi connectivity index (χ3v) is 3.93. The standard InChI is InChI=1S/C19H26N2O5/c1-3-4-11-25-19(24)14-5-9-16(10-6-14)26-13-18(23)21(2)12-17(22)20-15-7-8-15/h5-6,9-10,15H,3-4,7-8,11-13H2,1-2H3,(H,20,22). The van der Waals surface area contributed by atoms with Crippen LogP contribution in [0.2, 0.25) is 0 Å². The number of ether oxygens (including phenoxy) is 2. The van der Waals surface area contributed by atoms with Gasteiger partial charge in [0.15, 0.2) is 6.61 Å². The van der Waals surface area contributed by atoms with E-state index in [-0.39, 0.29) is 37.0 Å². The summed E-state index contributed by atoms with van der Waals surface area (Å²) in [6.07, 6.45) is 3.81. The minimum atomic E-state index is -0.373. The van der Waals surface area contributed by atoms with Gasteiger partial charge in [-0.05, 0) is 43.5 Å². The third kappa shape index (κ3) is 6.74. The Morgan fingerprint density at radius 1 is 1.19 bits per heavy atom. The van der Waals surface area contributed by atoms with Crippen molar-refractivity contribution in [3.8, 4) is 5.75 Å². The Kier molecular flexibility index (Phi) is 7.44. The maximum Gasteiger partial charge on any atom is 0.338 e. The number of unbranched alkanes of at least 4 members (excludes halogenated alkanes) is 1. The van der Waals surface area contributed by atoms with Gasteiger partial charge in [-0.3, -0.25) is 9.59 Å². The molecule has 26 heavy (non-hydrogen) atoms. The predicted octanol–water partition coefficient (Wildman–Crippen LogP) is 1.76. The molecule has 1 N–H and O–H groups in total. The summed E-state index contributed by atoms with van der Waals surface area (Å²) in [5.74, 6) is -0.352. The van der Waals surface area contributed by atoms with Crippen LogP contribution in [0.3, 0.4) is 0 Å². The monoisotopic (exact) mass is 362 g/mol. The van der Waals surface area contributed by atoms with E-state index in [1.807, 2.05) is 6.92 Å². The first-order chi connectivity index (χ1) is 12.5. The SMILES string of the molecule is CCCCOC(=O)c1ccc(OCC(=O)N(C)CC(=O)NC2CC2)cc1. The Balaban J connectivity index is 1.73. The van der Waals surface area contributed by atoms with E-state index < -0.39 is 0 Å². The van der Waals surface area contributed by atoms with Gasteiger partial charge >= 0.3 is 5.97 Å². The fraction of sp³-hybridized carbons (Fsp3) is 0.526. The topological polar surface area (TPSA) is 84.9 Å². The second-order valence-electron chi connectivity index (χ2n) is 6.39. The van der Waals surface area contributed by atoms with Crippen molar-refractivity contribution < 1.29 is 23.9 Å². The first kappa shape index (κ1) is 19.8. The average Bonchev–Trinajstić information content (AvgIpc) is 3.43. The van der Waals surface area contributed by atoms with Gasteiger partial charge in [-0.15, -0.1) is 0 Å². The molecule has 0 aromatic heterocycles. The number of carbonyl (C=O) groups is 3. The lowest BCUT2D eigenvalue weighted by Crippen LogP contribution is -2.40. The first-order valence-corrected chi connectivity index (χ1v) is 8.93. The van der Waals surface area contributed by atoms with Crippen molar-refractivity contribution in [1.82, 2.24) is 10.2 Å². The van der Waals surface area contributed by atoms with Crippen LogP contribution in [0.1, 0.15) is 43.0 Å². The van der Waals surface area contributed by atoms with E-state index in [0.29, 0.717) is 17.9 Å². The van der Waals surface area contributed by atoms with Gasteiger partial charge in [0.05, 0.1) is 18.7 Å². The number of esters is 1. The van der Waals surface area contributed by atoms with E-state index in [2.05, 4.69) is 5.32 Å². The minimum absolute atomic E-state index is 0.0151. The molecule has 1 fully saturated rings. The maximum absolute atomic E-state index is 12.0. The normalized spacial score (nSPS) is 13.0. The Morgan fingerprint density at radius 2 is 1.88 bits per heavy atom. The number of nitrogens with one attached hydrogen (secondary N) is 1. The molecule has 1 saturated carbocycles. The molecule has 1 aliphatic carbocycles. The number of amides is 2. The van der Waals surface area contributed by atoms with Crippen molar-refractivity contribution >= 4 is 17.8 Å². The number of likely N-dealkylation sites (N-methyl/N-ethyl adjacent to an activating group) is 1. The number of hydrogen-bond donors (Lipinski definition) is 1. The summed E-state index contributed by atoms with van der Waals surface area (Å²) in [7, 11) is 1.56. The number of nitrogens with zero attached hydrogens (tertiary/aromatic N) is 1. The van der Waals surface area contributed by atoms with Crippen molar-refractivity contribution in [3.05, 3.63) is 29.8 Å². The summed E-state index contributed by atoms with van der Waals surface area (Å²) >= 11 is 0. The highest BCUT2D eigenvalue weighted by Crippen LogP contribution is 2.18. The van der Waals surface area contributed by atoms with E-state index in [1.54, 1.807) is 31.3 Å². The van der Waals surface area contributed by atoms with Gasteiger partial charge in [-0.2, -0.15) is 0 Å². The second kappa shape index (κ2) is 9.79. The Bertz CT molecular complexity index is 625. The van der Waals surface area contributed by atoms with E-state index in [4.69, 9.17) is 9.47 Å². The van der Waals surface area contributed by atoms with Gasteiger partial charge in [0.2, 0.25) is 5.91 Å². The molecule has 2 rings (SSSR count). The van der Waals surface area contributed by atoms with Crippen LogP contribution in [0.25, 0.3) is 0 Å². The molecule has 0 spiro atoms. The van der Waals surface area contributed by atoms with Crippen molar-refractivity contribution in [2.75, 3.05) is 26.8 Å². The van der Waals surface area contributed by atoms with Crippen molar-refractivity contribution in [3.63, 3.8) is 0 Å². The summed E-state index contributed by atoms with van der Waals surface area (Å²) in [5.41, 5.74) is 0.439. The van der Waals surface area contributed by atoms with Gasteiger partial charge in [-0.25, -0.2) is 4.79 Å². The maximum atomic E-state index is 12.0. The highest BCUT2D eigenvalue weighted by Gasteiger charge is 2.24. The van der Waals surface area contributed by atoms with Crippen LogP contribution < -0.4 is 10.1 Å². The van der Waals surface area contributed by atoms with E-state index in [9.17, 15) is 14.4 Å². The van der Waals surface area contributed by atoms with E-state index >= 15 is 0 Å². The highest BCUT2D eigenvalue weighted by atomic mass is 16.5. The molecule has 0 saturated heterocycles. The largest absolute Gasteiger partial charge is 0.484 e. The van der Waals surface area contributed by atoms with Crippen LogP contribution in [0.5, 0.6) is 5.75 Å². The summed E-state index contributed by atoms with van der Waals surface area (Å²) in [6.45, 7) is 2.27.